The molecule has 0 aliphatic heterocycles. The van der Waals surface area contributed by atoms with Crippen LogP contribution >= 0.6 is 0 Å². The molecule has 0 amide bonds. The molecule has 0 saturated heterocycles. The minimum Gasteiger partial charge on any atom is -0.228 e. The number of aryl methyl sites for hydroxylation is 1. The lowest BCUT2D eigenvalue weighted by molar-refractivity contribution is 0.574. The van der Waals surface area contributed by atoms with Crippen LogP contribution in [0.15, 0.2) is 24.3 Å². The molecule has 2 aromatic rings. The molecule has 0 spiro atoms. The largest absolute Gasteiger partial charge is 0.228 e. The summed E-state index contributed by atoms with van der Waals surface area (Å²) < 4.78 is 26.2. The number of tetrazole rings is 1. The van der Waals surface area contributed by atoms with Gasteiger partial charge >= 0.3 is 0 Å². The van der Waals surface area contributed by atoms with E-state index in [1.54, 1.807) is 4.68 Å². The van der Waals surface area contributed by atoms with Crippen molar-refractivity contribution in [2.75, 3.05) is 0 Å². The molecule has 0 atom stereocenters. The van der Waals surface area contributed by atoms with E-state index in [9.17, 15) is 8.42 Å². The van der Waals surface area contributed by atoms with Crippen molar-refractivity contribution in [1.29, 1.82) is 0 Å². The molecule has 7 heteroatoms. The summed E-state index contributed by atoms with van der Waals surface area (Å²) in [6.45, 7) is 1.95. The lowest BCUT2D eigenvalue weighted by Crippen LogP contribution is -2.13. The van der Waals surface area contributed by atoms with Crippen LogP contribution in [0.3, 0.4) is 0 Å². The zero-order chi connectivity index (χ0) is 14.2. The van der Waals surface area contributed by atoms with Crippen LogP contribution in [-0.4, -0.2) is 28.6 Å². The van der Waals surface area contributed by atoms with Crippen molar-refractivity contribution in [2.24, 2.45) is 0 Å². The second-order valence-electron chi connectivity index (χ2n) is 5.29. The predicted octanol–water partition coefficient (Wildman–Crippen LogP) is 1.43. The lowest BCUT2D eigenvalue weighted by Gasteiger charge is -2.05. The van der Waals surface area contributed by atoms with Gasteiger partial charge in [0.2, 0.25) is 0 Å². The van der Waals surface area contributed by atoms with Crippen LogP contribution in [0.2, 0.25) is 0 Å². The maximum absolute atomic E-state index is 12.3. The van der Waals surface area contributed by atoms with Crippen molar-refractivity contribution in [1.82, 2.24) is 20.2 Å². The Morgan fingerprint density at radius 2 is 2.10 bits per heavy atom. The SMILES string of the molecule is Cc1cccc(CS(=O)(=O)Cc2nnnn2C2CC2)c1. The molecular formula is C13H16N4O2S. The van der Waals surface area contributed by atoms with Crippen LogP contribution in [-0.2, 0) is 21.3 Å². The van der Waals surface area contributed by atoms with Crippen LogP contribution in [0.1, 0.15) is 35.8 Å². The number of sulfone groups is 1. The minimum atomic E-state index is -3.27. The molecule has 0 N–H and O–H groups in total. The number of hydrogen-bond donors (Lipinski definition) is 0. The molecule has 1 fully saturated rings. The molecule has 1 aromatic heterocycles. The first kappa shape index (κ1) is 13.2. The van der Waals surface area contributed by atoms with E-state index in [0.29, 0.717) is 5.82 Å². The molecule has 20 heavy (non-hydrogen) atoms. The average Bonchev–Trinajstić information content (AvgIpc) is 3.10. The molecule has 1 aromatic carbocycles. The van der Waals surface area contributed by atoms with Crippen molar-refractivity contribution < 1.29 is 8.42 Å². The third-order valence-electron chi connectivity index (χ3n) is 3.27. The smallest absolute Gasteiger partial charge is 0.166 e. The highest BCUT2D eigenvalue weighted by Gasteiger charge is 2.29. The Hall–Kier alpha value is -1.76. The number of nitrogens with zero attached hydrogens (tertiary/aromatic N) is 4. The molecule has 1 aliphatic carbocycles. The van der Waals surface area contributed by atoms with Crippen molar-refractivity contribution in [3.63, 3.8) is 0 Å². The van der Waals surface area contributed by atoms with Gasteiger partial charge in [-0.05, 0) is 35.8 Å². The Balaban J connectivity index is 1.76. The first-order valence-electron chi connectivity index (χ1n) is 6.56. The highest BCUT2D eigenvalue weighted by molar-refractivity contribution is 7.89. The zero-order valence-corrected chi connectivity index (χ0v) is 12.0. The molecule has 1 saturated carbocycles. The van der Waals surface area contributed by atoms with Crippen molar-refractivity contribution in [3.05, 3.63) is 41.2 Å². The van der Waals surface area contributed by atoms with Crippen LogP contribution in [0.4, 0.5) is 0 Å². The number of aromatic nitrogens is 4. The maximum Gasteiger partial charge on any atom is 0.166 e. The van der Waals surface area contributed by atoms with E-state index in [-0.39, 0.29) is 17.5 Å². The zero-order valence-electron chi connectivity index (χ0n) is 11.2. The van der Waals surface area contributed by atoms with Gasteiger partial charge in [0.15, 0.2) is 15.7 Å². The third-order valence-corrected chi connectivity index (χ3v) is 4.74. The third kappa shape index (κ3) is 3.04. The molecule has 0 bridgehead atoms. The molecule has 1 aliphatic rings. The first-order valence-corrected chi connectivity index (χ1v) is 8.38. The number of rotatable bonds is 5. The molecule has 0 unspecified atom stereocenters. The van der Waals surface area contributed by atoms with Gasteiger partial charge < -0.3 is 0 Å². The van der Waals surface area contributed by atoms with E-state index in [0.717, 1.165) is 24.0 Å². The Morgan fingerprint density at radius 1 is 1.30 bits per heavy atom. The van der Waals surface area contributed by atoms with E-state index in [2.05, 4.69) is 15.5 Å². The van der Waals surface area contributed by atoms with Crippen LogP contribution in [0, 0.1) is 6.92 Å². The summed E-state index contributed by atoms with van der Waals surface area (Å²) in [6.07, 6.45) is 2.05. The highest BCUT2D eigenvalue weighted by Crippen LogP contribution is 2.34. The summed E-state index contributed by atoms with van der Waals surface area (Å²) in [5, 5.41) is 11.3. The van der Waals surface area contributed by atoms with Gasteiger partial charge in [0.1, 0.15) is 5.75 Å². The van der Waals surface area contributed by atoms with Gasteiger partial charge in [0.25, 0.3) is 0 Å². The molecule has 3 rings (SSSR count). The summed E-state index contributed by atoms with van der Waals surface area (Å²) in [4.78, 5) is 0. The lowest BCUT2D eigenvalue weighted by atomic mass is 10.2. The normalized spacial score (nSPS) is 15.4. The van der Waals surface area contributed by atoms with Gasteiger partial charge in [0.05, 0.1) is 11.8 Å². The first-order chi connectivity index (χ1) is 9.53. The Labute approximate surface area is 117 Å². The van der Waals surface area contributed by atoms with Gasteiger partial charge in [0, 0.05) is 0 Å². The standard InChI is InChI=1S/C13H16N4O2S/c1-10-3-2-4-11(7-10)8-20(18,19)9-13-14-15-16-17(13)12-5-6-12/h2-4,7,12H,5-6,8-9H2,1H3. The molecular weight excluding hydrogens is 276 g/mol. The van der Waals surface area contributed by atoms with E-state index in [1.807, 2.05) is 31.2 Å². The van der Waals surface area contributed by atoms with E-state index < -0.39 is 9.84 Å². The summed E-state index contributed by atoms with van der Waals surface area (Å²) in [5.74, 6) is 0.358. The number of benzene rings is 1. The van der Waals surface area contributed by atoms with Crippen LogP contribution < -0.4 is 0 Å². The second-order valence-corrected chi connectivity index (χ2v) is 7.36. The second kappa shape index (κ2) is 4.97. The monoisotopic (exact) mass is 292 g/mol. The summed E-state index contributed by atoms with van der Waals surface area (Å²) in [5.41, 5.74) is 1.86. The molecule has 0 radical (unpaired) electrons. The van der Waals surface area contributed by atoms with Gasteiger partial charge in [-0.2, -0.15) is 0 Å². The van der Waals surface area contributed by atoms with Gasteiger partial charge in [-0.3, -0.25) is 0 Å². The Morgan fingerprint density at radius 3 is 2.80 bits per heavy atom. The maximum atomic E-state index is 12.3. The van der Waals surface area contributed by atoms with Gasteiger partial charge in [-0.1, -0.05) is 29.8 Å². The fourth-order valence-electron chi connectivity index (χ4n) is 2.21. The molecule has 106 valence electrons. The fraction of sp³-hybridized carbons (Fsp3) is 0.462. The fourth-order valence-corrected chi connectivity index (χ4v) is 3.59. The quantitative estimate of drug-likeness (QED) is 0.833. The predicted molar refractivity (Wildman–Crippen MR) is 73.6 cm³/mol. The Kier molecular flexibility index (Phi) is 3.29. The highest BCUT2D eigenvalue weighted by atomic mass is 32.2. The molecule has 1 heterocycles. The van der Waals surface area contributed by atoms with Gasteiger partial charge in [-0.25, -0.2) is 13.1 Å². The topological polar surface area (TPSA) is 77.7 Å². The summed E-state index contributed by atoms with van der Waals surface area (Å²) in [6, 6.07) is 7.82. The van der Waals surface area contributed by atoms with E-state index in [4.69, 9.17) is 0 Å². The summed E-state index contributed by atoms with van der Waals surface area (Å²) in [7, 11) is -3.27. The summed E-state index contributed by atoms with van der Waals surface area (Å²) >= 11 is 0. The van der Waals surface area contributed by atoms with Crippen molar-refractivity contribution >= 4 is 9.84 Å². The number of hydrogen-bond acceptors (Lipinski definition) is 5. The van der Waals surface area contributed by atoms with Crippen molar-refractivity contribution in [3.8, 4) is 0 Å². The van der Waals surface area contributed by atoms with Gasteiger partial charge in [-0.15, -0.1) is 5.10 Å². The minimum absolute atomic E-state index is 0.0200. The van der Waals surface area contributed by atoms with E-state index >= 15 is 0 Å². The van der Waals surface area contributed by atoms with E-state index in [1.165, 1.54) is 0 Å². The molecule has 6 nitrogen and oxygen atoms in total. The van der Waals surface area contributed by atoms with Crippen LogP contribution in [0.25, 0.3) is 0 Å². The van der Waals surface area contributed by atoms with Crippen molar-refractivity contribution in [2.45, 2.75) is 37.3 Å². The Bertz CT molecular complexity index is 719. The average molecular weight is 292 g/mol. The van der Waals surface area contributed by atoms with Crippen LogP contribution in [0.5, 0.6) is 0 Å².